The molecule has 4 rings (SSSR count). The molecule has 2 aromatic heterocycles. The third-order valence-electron chi connectivity index (χ3n) is 4.57. The summed E-state index contributed by atoms with van der Waals surface area (Å²) in [5, 5.41) is 0.804. The van der Waals surface area contributed by atoms with Gasteiger partial charge in [-0.1, -0.05) is 48.5 Å². The average Bonchev–Trinajstić information content (AvgIpc) is 3.32. The summed E-state index contributed by atoms with van der Waals surface area (Å²) in [6.07, 6.45) is 2.40. The minimum absolute atomic E-state index is 0.263. The van der Waals surface area contributed by atoms with Crippen molar-refractivity contribution in [2.24, 2.45) is 7.05 Å². The van der Waals surface area contributed by atoms with E-state index >= 15 is 0 Å². The van der Waals surface area contributed by atoms with Gasteiger partial charge in [-0.2, -0.15) is 0 Å². The summed E-state index contributed by atoms with van der Waals surface area (Å²) >= 11 is 0. The number of ether oxygens (including phenoxy) is 1. The summed E-state index contributed by atoms with van der Waals surface area (Å²) < 4.78 is 7.34. The Bertz CT molecular complexity index is 1110. The van der Waals surface area contributed by atoms with Crippen molar-refractivity contribution in [3.8, 4) is 0 Å². The van der Waals surface area contributed by atoms with Gasteiger partial charge in [-0.25, -0.2) is 4.79 Å². The van der Waals surface area contributed by atoms with Crippen molar-refractivity contribution in [3.05, 3.63) is 95.9 Å². The van der Waals surface area contributed by atoms with Gasteiger partial charge in [-0.05, 0) is 18.2 Å². The fraction of sp³-hybridized carbons (Fsp3) is 0.0909. The predicted molar refractivity (Wildman–Crippen MR) is 103 cm³/mol. The van der Waals surface area contributed by atoms with Crippen LogP contribution in [0.4, 0.5) is 0 Å². The van der Waals surface area contributed by atoms with Crippen LogP contribution in [0.1, 0.15) is 32.5 Å². The van der Waals surface area contributed by atoms with Crippen LogP contribution in [0.25, 0.3) is 10.9 Å². The van der Waals surface area contributed by atoms with Crippen LogP contribution in [-0.2, 0) is 11.8 Å². The number of carbonyl (C=O) groups is 2. The monoisotopic (exact) mass is 358 g/mol. The molecule has 0 bridgehead atoms. The van der Waals surface area contributed by atoms with Gasteiger partial charge in [-0.3, -0.25) is 4.79 Å². The lowest BCUT2D eigenvalue weighted by atomic mass is 9.99. The van der Waals surface area contributed by atoms with Crippen LogP contribution in [0.3, 0.4) is 0 Å². The van der Waals surface area contributed by atoms with Crippen LogP contribution < -0.4 is 0 Å². The third kappa shape index (κ3) is 3.15. The number of hydrogen-bond acceptors (Lipinski definition) is 3. The zero-order valence-corrected chi connectivity index (χ0v) is 14.8. The molecule has 2 aromatic carbocycles. The molecule has 4 aromatic rings. The number of ketones is 1. The summed E-state index contributed by atoms with van der Waals surface area (Å²) in [6, 6.07) is 20.1. The molecule has 0 spiro atoms. The molecule has 5 heteroatoms. The fourth-order valence-corrected chi connectivity index (χ4v) is 3.16. The number of esters is 1. The fourth-order valence-electron chi connectivity index (χ4n) is 3.16. The van der Waals surface area contributed by atoms with Gasteiger partial charge in [0.1, 0.15) is 5.69 Å². The lowest BCUT2D eigenvalue weighted by Crippen LogP contribution is -2.21. The highest BCUT2D eigenvalue weighted by Gasteiger charge is 2.29. The zero-order valence-electron chi connectivity index (χ0n) is 14.8. The normalized spacial score (nSPS) is 12.0. The first-order valence-electron chi connectivity index (χ1n) is 8.63. The van der Waals surface area contributed by atoms with Crippen LogP contribution >= 0.6 is 0 Å². The van der Waals surface area contributed by atoms with E-state index in [1.165, 1.54) is 0 Å². The van der Waals surface area contributed by atoms with Crippen LogP contribution in [0.15, 0.2) is 79.1 Å². The third-order valence-corrected chi connectivity index (χ3v) is 4.57. The summed E-state index contributed by atoms with van der Waals surface area (Å²) in [6.45, 7) is 0. The number of nitrogens with one attached hydrogen (secondary N) is 1. The van der Waals surface area contributed by atoms with E-state index in [-0.39, 0.29) is 5.78 Å². The first kappa shape index (κ1) is 16.8. The van der Waals surface area contributed by atoms with E-state index in [4.69, 9.17) is 4.74 Å². The van der Waals surface area contributed by atoms with Crippen molar-refractivity contribution in [2.45, 2.75) is 6.10 Å². The predicted octanol–water partition coefficient (Wildman–Crippen LogP) is 4.29. The van der Waals surface area contributed by atoms with E-state index in [0.29, 0.717) is 16.8 Å². The maximum Gasteiger partial charge on any atom is 0.356 e. The molecule has 0 saturated carbocycles. The average molecular weight is 358 g/mol. The number of benzene rings is 2. The molecular formula is C22H18N2O3. The molecule has 2 heterocycles. The quantitative estimate of drug-likeness (QED) is 0.428. The Morgan fingerprint density at radius 3 is 2.44 bits per heavy atom. The van der Waals surface area contributed by atoms with E-state index in [1.807, 2.05) is 42.5 Å². The molecule has 5 nitrogen and oxygen atoms in total. The number of fused-ring (bicyclic) bond motifs is 1. The molecular weight excluding hydrogens is 340 g/mol. The van der Waals surface area contributed by atoms with E-state index in [2.05, 4.69) is 4.98 Å². The van der Waals surface area contributed by atoms with Crippen molar-refractivity contribution in [1.82, 2.24) is 9.55 Å². The van der Waals surface area contributed by atoms with Crippen molar-refractivity contribution < 1.29 is 14.3 Å². The van der Waals surface area contributed by atoms with Gasteiger partial charge in [0.15, 0.2) is 6.10 Å². The SMILES string of the molecule is Cn1cccc1C(=O)O[C@@H](C(=O)c1c[nH]c2ccccc12)c1ccccc1. The van der Waals surface area contributed by atoms with E-state index in [0.717, 1.165) is 10.9 Å². The molecule has 27 heavy (non-hydrogen) atoms. The Morgan fingerprint density at radius 1 is 0.963 bits per heavy atom. The van der Waals surface area contributed by atoms with E-state index < -0.39 is 12.1 Å². The number of nitrogens with zero attached hydrogens (tertiary/aromatic N) is 1. The van der Waals surface area contributed by atoms with Crippen molar-refractivity contribution in [2.75, 3.05) is 0 Å². The molecule has 0 aliphatic rings. The zero-order chi connectivity index (χ0) is 18.8. The highest BCUT2D eigenvalue weighted by atomic mass is 16.5. The van der Waals surface area contributed by atoms with Gasteiger partial charge in [0.05, 0.1) is 0 Å². The molecule has 0 unspecified atom stereocenters. The highest BCUT2D eigenvalue weighted by Crippen LogP contribution is 2.28. The second-order valence-electron chi connectivity index (χ2n) is 6.31. The molecule has 0 amide bonds. The molecule has 0 aliphatic heterocycles. The number of H-pyrrole nitrogens is 1. The number of aryl methyl sites for hydroxylation is 1. The minimum Gasteiger partial charge on any atom is -0.444 e. The number of carbonyl (C=O) groups excluding carboxylic acids is 2. The molecule has 134 valence electrons. The number of para-hydroxylation sites is 1. The second-order valence-corrected chi connectivity index (χ2v) is 6.31. The van der Waals surface area contributed by atoms with Gasteiger partial charge in [-0.15, -0.1) is 0 Å². The topological polar surface area (TPSA) is 64.1 Å². The Kier molecular flexibility index (Phi) is 4.34. The summed E-state index contributed by atoms with van der Waals surface area (Å²) in [5.41, 5.74) is 2.39. The Balaban J connectivity index is 1.73. The van der Waals surface area contributed by atoms with Crippen molar-refractivity contribution in [3.63, 3.8) is 0 Å². The first-order chi connectivity index (χ1) is 13.1. The number of aromatic nitrogens is 2. The second kappa shape index (κ2) is 6.96. The minimum atomic E-state index is -1.02. The molecule has 0 aliphatic carbocycles. The van der Waals surface area contributed by atoms with Crippen LogP contribution in [0, 0.1) is 0 Å². The maximum absolute atomic E-state index is 13.3. The Hall–Kier alpha value is -3.60. The summed E-state index contributed by atoms with van der Waals surface area (Å²) in [7, 11) is 1.76. The highest BCUT2D eigenvalue weighted by molar-refractivity contribution is 6.10. The lowest BCUT2D eigenvalue weighted by Gasteiger charge is -2.17. The number of aromatic amines is 1. The number of Topliss-reactive ketones (excluding diaryl/α,β-unsaturated/α-hetero) is 1. The smallest absolute Gasteiger partial charge is 0.356 e. The van der Waals surface area contributed by atoms with Crippen LogP contribution in [0.2, 0.25) is 0 Å². The molecule has 0 fully saturated rings. The summed E-state index contributed by atoms with van der Waals surface area (Å²) in [5.74, 6) is -0.800. The van der Waals surface area contributed by atoms with Gasteiger partial charge in [0.2, 0.25) is 5.78 Å². The standard InChI is InChI=1S/C22H18N2O3/c1-24-13-7-12-19(24)22(26)27-21(15-8-3-2-4-9-15)20(25)17-14-23-18-11-6-5-10-16(17)18/h2-14,21,23H,1H3/t21-/m1/s1. The molecule has 0 radical (unpaired) electrons. The van der Waals surface area contributed by atoms with Gasteiger partial charge < -0.3 is 14.3 Å². The summed E-state index contributed by atoms with van der Waals surface area (Å²) in [4.78, 5) is 29.1. The van der Waals surface area contributed by atoms with Crippen LogP contribution in [-0.4, -0.2) is 21.3 Å². The van der Waals surface area contributed by atoms with E-state index in [9.17, 15) is 9.59 Å². The van der Waals surface area contributed by atoms with Crippen LogP contribution in [0.5, 0.6) is 0 Å². The Morgan fingerprint density at radius 2 is 1.70 bits per heavy atom. The van der Waals surface area contributed by atoms with Gasteiger partial charge in [0.25, 0.3) is 0 Å². The molecule has 0 saturated heterocycles. The molecule has 1 N–H and O–H groups in total. The number of rotatable bonds is 5. The van der Waals surface area contributed by atoms with Crippen molar-refractivity contribution >= 4 is 22.7 Å². The molecule has 1 atom stereocenters. The van der Waals surface area contributed by atoms with E-state index in [1.54, 1.807) is 48.3 Å². The Labute approximate surface area is 156 Å². The largest absolute Gasteiger partial charge is 0.444 e. The van der Waals surface area contributed by atoms with Crippen molar-refractivity contribution in [1.29, 1.82) is 0 Å². The maximum atomic E-state index is 13.3. The number of hydrogen-bond donors (Lipinski definition) is 1. The van der Waals surface area contributed by atoms with Gasteiger partial charge in [0, 0.05) is 41.5 Å². The van der Waals surface area contributed by atoms with Gasteiger partial charge >= 0.3 is 5.97 Å². The lowest BCUT2D eigenvalue weighted by molar-refractivity contribution is 0.0271. The first-order valence-corrected chi connectivity index (χ1v) is 8.63.